The van der Waals surface area contributed by atoms with Crippen LogP contribution in [0.1, 0.15) is 20.8 Å². The minimum Gasteiger partial charge on any atom is -0.490 e. The summed E-state index contributed by atoms with van der Waals surface area (Å²) in [5, 5.41) is 0. The normalized spacial score (nSPS) is 17.7. The molecule has 1 aromatic rings. The molecule has 1 amide bonds. The number of amides is 1. The number of nitrogens with one attached hydrogen (secondary N) is 1. The number of rotatable bonds is 3. The van der Waals surface area contributed by atoms with Crippen molar-refractivity contribution in [3.63, 3.8) is 0 Å². The van der Waals surface area contributed by atoms with Crippen molar-refractivity contribution in [3.8, 4) is 5.75 Å². The fraction of sp³-hybridized carbons (Fsp3) is 0.500. The minimum atomic E-state index is -3.35. The van der Waals surface area contributed by atoms with Crippen LogP contribution < -0.4 is 14.4 Å². The SMILES string of the molecule is CCN1C(=O)C(C)(C)COc2cc(NS(C)(=O)=O)ccc21. The molecule has 1 aliphatic rings. The van der Waals surface area contributed by atoms with Gasteiger partial charge in [0.25, 0.3) is 0 Å². The molecule has 1 aromatic carbocycles. The van der Waals surface area contributed by atoms with E-state index >= 15 is 0 Å². The number of benzene rings is 1. The molecule has 116 valence electrons. The highest BCUT2D eigenvalue weighted by Crippen LogP contribution is 2.38. The molecule has 0 saturated heterocycles. The molecule has 0 radical (unpaired) electrons. The van der Waals surface area contributed by atoms with E-state index in [0.717, 1.165) is 6.26 Å². The summed E-state index contributed by atoms with van der Waals surface area (Å²) in [7, 11) is -3.35. The Bertz CT molecular complexity index is 668. The first-order valence-corrected chi connectivity index (χ1v) is 8.60. The first-order chi connectivity index (χ1) is 9.64. The third-order valence-corrected chi connectivity index (χ3v) is 3.89. The number of anilines is 2. The van der Waals surface area contributed by atoms with Gasteiger partial charge in [-0.15, -0.1) is 0 Å². The molecule has 1 N–H and O–H groups in total. The molecule has 0 spiro atoms. The lowest BCUT2D eigenvalue weighted by atomic mass is 9.93. The molecule has 0 aromatic heterocycles. The first kappa shape index (κ1) is 15.6. The van der Waals surface area contributed by atoms with E-state index < -0.39 is 15.4 Å². The lowest BCUT2D eigenvalue weighted by Gasteiger charge is -2.26. The van der Waals surface area contributed by atoms with E-state index in [-0.39, 0.29) is 12.5 Å². The first-order valence-electron chi connectivity index (χ1n) is 6.70. The Morgan fingerprint density at radius 3 is 2.62 bits per heavy atom. The highest BCUT2D eigenvalue weighted by Gasteiger charge is 2.37. The number of sulfonamides is 1. The number of hydrogen-bond acceptors (Lipinski definition) is 4. The van der Waals surface area contributed by atoms with Crippen LogP contribution in [0.5, 0.6) is 5.75 Å². The van der Waals surface area contributed by atoms with Crippen LogP contribution in [0.25, 0.3) is 0 Å². The topological polar surface area (TPSA) is 75.7 Å². The van der Waals surface area contributed by atoms with Crippen LogP contribution in [0.3, 0.4) is 0 Å². The summed E-state index contributed by atoms with van der Waals surface area (Å²) < 4.78 is 30.7. The molecular weight excluding hydrogens is 292 g/mol. The standard InChI is InChI=1S/C14H20N2O4S/c1-5-16-11-7-6-10(15-21(4,18)19)8-12(11)20-9-14(2,3)13(16)17/h6-8,15H,5,9H2,1-4H3. The van der Waals surface area contributed by atoms with Crippen LogP contribution in [0.15, 0.2) is 18.2 Å². The van der Waals surface area contributed by atoms with Crippen LogP contribution in [0, 0.1) is 5.41 Å². The molecule has 6 nitrogen and oxygen atoms in total. The van der Waals surface area contributed by atoms with Gasteiger partial charge >= 0.3 is 0 Å². The molecule has 21 heavy (non-hydrogen) atoms. The van der Waals surface area contributed by atoms with Crippen LogP contribution in [0.4, 0.5) is 11.4 Å². The fourth-order valence-corrected chi connectivity index (χ4v) is 2.79. The molecule has 0 saturated carbocycles. The molecule has 0 bridgehead atoms. The second kappa shape index (κ2) is 5.22. The van der Waals surface area contributed by atoms with Crippen LogP contribution in [0.2, 0.25) is 0 Å². The monoisotopic (exact) mass is 312 g/mol. The second-order valence-electron chi connectivity index (χ2n) is 5.78. The zero-order valence-corrected chi connectivity index (χ0v) is 13.5. The van der Waals surface area contributed by atoms with Gasteiger partial charge in [0.1, 0.15) is 12.4 Å². The molecule has 1 aliphatic heterocycles. The lowest BCUT2D eigenvalue weighted by Crippen LogP contribution is -2.42. The Balaban J connectivity index is 2.46. The number of fused-ring (bicyclic) bond motifs is 1. The molecule has 0 fully saturated rings. The predicted octanol–water partition coefficient (Wildman–Crippen LogP) is 1.83. The largest absolute Gasteiger partial charge is 0.490 e. The van der Waals surface area contributed by atoms with E-state index in [2.05, 4.69) is 4.72 Å². The van der Waals surface area contributed by atoms with Crippen LogP contribution in [-0.2, 0) is 14.8 Å². The maximum atomic E-state index is 12.5. The Kier molecular flexibility index (Phi) is 3.88. The molecule has 0 atom stereocenters. The fourth-order valence-electron chi connectivity index (χ4n) is 2.24. The molecule has 1 heterocycles. The summed E-state index contributed by atoms with van der Waals surface area (Å²) in [5.41, 5.74) is 0.450. The van der Waals surface area contributed by atoms with Crippen molar-refractivity contribution in [1.29, 1.82) is 0 Å². The molecule has 0 aliphatic carbocycles. The van der Waals surface area contributed by atoms with Gasteiger partial charge in [-0.3, -0.25) is 9.52 Å². The molecular formula is C14H20N2O4S. The van der Waals surface area contributed by atoms with Gasteiger partial charge in [-0.05, 0) is 32.9 Å². The number of carbonyl (C=O) groups excluding carboxylic acids is 1. The average Bonchev–Trinajstić information content (AvgIpc) is 2.45. The number of nitrogens with zero attached hydrogens (tertiary/aromatic N) is 1. The molecule has 7 heteroatoms. The Labute approximate surface area is 125 Å². The summed E-state index contributed by atoms with van der Waals surface area (Å²) in [6, 6.07) is 4.93. The second-order valence-corrected chi connectivity index (χ2v) is 7.53. The van der Waals surface area contributed by atoms with E-state index in [1.807, 2.05) is 20.8 Å². The lowest BCUT2D eigenvalue weighted by molar-refractivity contribution is -0.127. The van der Waals surface area contributed by atoms with Gasteiger partial charge in [0.2, 0.25) is 15.9 Å². The van der Waals surface area contributed by atoms with Crippen molar-refractivity contribution >= 4 is 27.3 Å². The minimum absolute atomic E-state index is 0.00688. The van der Waals surface area contributed by atoms with E-state index in [1.165, 1.54) is 0 Å². The maximum absolute atomic E-state index is 12.5. The maximum Gasteiger partial charge on any atom is 0.236 e. The Hall–Kier alpha value is -1.76. The summed E-state index contributed by atoms with van der Waals surface area (Å²) >= 11 is 0. The number of carbonyl (C=O) groups is 1. The van der Waals surface area contributed by atoms with Gasteiger partial charge in [-0.1, -0.05) is 0 Å². The third kappa shape index (κ3) is 3.29. The van der Waals surface area contributed by atoms with Crippen molar-refractivity contribution in [2.45, 2.75) is 20.8 Å². The Morgan fingerprint density at radius 1 is 1.38 bits per heavy atom. The van der Waals surface area contributed by atoms with E-state index in [4.69, 9.17) is 4.74 Å². The van der Waals surface area contributed by atoms with Gasteiger partial charge in [0.15, 0.2) is 0 Å². The van der Waals surface area contributed by atoms with Gasteiger partial charge in [0, 0.05) is 12.6 Å². The smallest absolute Gasteiger partial charge is 0.236 e. The van der Waals surface area contributed by atoms with E-state index in [0.29, 0.717) is 23.7 Å². The summed E-state index contributed by atoms with van der Waals surface area (Å²) in [5.74, 6) is 0.497. The predicted molar refractivity (Wildman–Crippen MR) is 82.2 cm³/mol. The quantitative estimate of drug-likeness (QED) is 0.924. The van der Waals surface area contributed by atoms with Gasteiger partial charge in [-0.25, -0.2) is 8.42 Å². The summed E-state index contributed by atoms with van der Waals surface area (Å²) in [6.07, 6.45) is 1.09. The van der Waals surface area contributed by atoms with Gasteiger partial charge < -0.3 is 9.64 Å². The third-order valence-electron chi connectivity index (χ3n) is 3.28. The average molecular weight is 312 g/mol. The van der Waals surface area contributed by atoms with Gasteiger partial charge in [0.05, 0.1) is 23.0 Å². The number of ether oxygens (including phenoxy) is 1. The van der Waals surface area contributed by atoms with Crippen molar-refractivity contribution in [2.24, 2.45) is 5.41 Å². The Morgan fingerprint density at radius 2 is 2.05 bits per heavy atom. The van der Waals surface area contributed by atoms with Crippen molar-refractivity contribution in [2.75, 3.05) is 29.0 Å². The van der Waals surface area contributed by atoms with Crippen LogP contribution in [-0.4, -0.2) is 33.7 Å². The zero-order valence-electron chi connectivity index (χ0n) is 12.6. The van der Waals surface area contributed by atoms with E-state index in [1.54, 1.807) is 23.1 Å². The van der Waals surface area contributed by atoms with E-state index in [9.17, 15) is 13.2 Å². The van der Waals surface area contributed by atoms with Gasteiger partial charge in [-0.2, -0.15) is 0 Å². The highest BCUT2D eigenvalue weighted by molar-refractivity contribution is 7.92. The van der Waals surface area contributed by atoms with Crippen molar-refractivity contribution in [3.05, 3.63) is 18.2 Å². The molecule has 2 rings (SSSR count). The highest BCUT2D eigenvalue weighted by atomic mass is 32.2. The molecule has 0 unspecified atom stereocenters. The number of hydrogen-bond donors (Lipinski definition) is 1. The van der Waals surface area contributed by atoms with Crippen molar-refractivity contribution in [1.82, 2.24) is 0 Å². The zero-order chi connectivity index (χ0) is 15.8. The van der Waals surface area contributed by atoms with Crippen LogP contribution >= 0.6 is 0 Å². The summed E-state index contributed by atoms with van der Waals surface area (Å²) in [4.78, 5) is 14.2. The summed E-state index contributed by atoms with van der Waals surface area (Å²) in [6.45, 7) is 6.33. The van der Waals surface area contributed by atoms with Crippen molar-refractivity contribution < 1.29 is 17.9 Å².